The van der Waals surface area contributed by atoms with Gasteiger partial charge in [-0.3, -0.25) is 4.79 Å². The topological polar surface area (TPSA) is 83.9 Å². The van der Waals surface area contributed by atoms with Crippen molar-refractivity contribution in [1.82, 2.24) is 20.2 Å². The van der Waals surface area contributed by atoms with Crippen molar-refractivity contribution < 1.29 is 4.79 Å². The van der Waals surface area contributed by atoms with Crippen molar-refractivity contribution in [2.75, 3.05) is 23.3 Å². The third-order valence-electron chi connectivity index (χ3n) is 4.23. The predicted octanol–water partition coefficient (Wildman–Crippen LogP) is 2.11. The Morgan fingerprint density at radius 3 is 2.65 bits per heavy atom. The first-order valence-corrected chi connectivity index (χ1v) is 8.56. The molecule has 0 aliphatic carbocycles. The van der Waals surface area contributed by atoms with Gasteiger partial charge in [-0.15, -0.1) is 10.2 Å². The van der Waals surface area contributed by atoms with E-state index >= 15 is 0 Å². The molecule has 1 aliphatic rings. The van der Waals surface area contributed by atoms with Crippen LogP contribution in [0.3, 0.4) is 0 Å². The fourth-order valence-corrected chi connectivity index (χ4v) is 3.29. The van der Waals surface area contributed by atoms with E-state index in [2.05, 4.69) is 37.3 Å². The van der Waals surface area contributed by atoms with E-state index in [1.807, 2.05) is 13.8 Å². The highest BCUT2D eigenvalue weighted by atomic mass is 32.1. The summed E-state index contributed by atoms with van der Waals surface area (Å²) in [4.78, 5) is 23.5. The molecule has 0 saturated carbocycles. The SMILES string of the molecule is Cc1nc(C)c(C)c(N2CCC(C(=O)Nc3nncs3)CC2)n1. The molecule has 2 aromatic rings. The number of piperidine rings is 1. The molecule has 122 valence electrons. The molecular weight excluding hydrogens is 312 g/mol. The van der Waals surface area contributed by atoms with Crippen LogP contribution in [0.1, 0.15) is 29.9 Å². The molecule has 0 aromatic carbocycles. The maximum Gasteiger partial charge on any atom is 0.229 e. The van der Waals surface area contributed by atoms with E-state index in [1.165, 1.54) is 11.3 Å². The Balaban J connectivity index is 1.63. The molecule has 2 aromatic heterocycles. The number of nitrogens with one attached hydrogen (secondary N) is 1. The van der Waals surface area contributed by atoms with Gasteiger partial charge < -0.3 is 10.2 Å². The van der Waals surface area contributed by atoms with Crippen molar-refractivity contribution in [3.05, 3.63) is 22.6 Å². The highest BCUT2D eigenvalue weighted by molar-refractivity contribution is 7.13. The molecule has 1 amide bonds. The van der Waals surface area contributed by atoms with Crippen molar-refractivity contribution in [3.8, 4) is 0 Å². The average Bonchev–Trinajstić information content (AvgIpc) is 3.04. The van der Waals surface area contributed by atoms with Gasteiger partial charge in [0.2, 0.25) is 11.0 Å². The number of hydrogen-bond acceptors (Lipinski definition) is 7. The summed E-state index contributed by atoms with van der Waals surface area (Å²) >= 11 is 1.34. The third-order valence-corrected chi connectivity index (χ3v) is 4.84. The molecule has 0 spiro atoms. The van der Waals surface area contributed by atoms with Crippen LogP contribution >= 0.6 is 11.3 Å². The van der Waals surface area contributed by atoms with Gasteiger partial charge in [-0.1, -0.05) is 11.3 Å². The van der Waals surface area contributed by atoms with Crippen LogP contribution in [0.25, 0.3) is 0 Å². The fraction of sp³-hybridized carbons (Fsp3) is 0.533. The molecular formula is C15H20N6OS. The van der Waals surface area contributed by atoms with E-state index in [9.17, 15) is 4.79 Å². The number of anilines is 2. The van der Waals surface area contributed by atoms with Crippen LogP contribution in [0.2, 0.25) is 0 Å². The Hall–Kier alpha value is -2.09. The number of aryl methyl sites for hydroxylation is 2. The molecule has 0 bridgehead atoms. The van der Waals surface area contributed by atoms with Gasteiger partial charge in [0.15, 0.2) is 0 Å². The highest BCUT2D eigenvalue weighted by Crippen LogP contribution is 2.26. The minimum absolute atomic E-state index is 0.0134. The summed E-state index contributed by atoms with van der Waals surface area (Å²) in [6.45, 7) is 7.63. The Morgan fingerprint density at radius 1 is 1.26 bits per heavy atom. The molecule has 1 fully saturated rings. The molecule has 8 heteroatoms. The van der Waals surface area contributed by atoms with Crippen LogP contribution in [0.4, 0.5) is 10.9 Å². The van der Waals surface area contributed by atoms with Crippen LogP contribution < -0.4 is 10.2 Å². The lowest BCUT2D eigenvalue weighted by Crippen LogP contribution is -2.39. The van der Waals surface area contributed by atoms with E-state index in [-0.39, 0.29) is 11.8 Å². The summed E-state index contributed by atoms with van der Waals surface area (Å²) < 4.78 is 0. The van der Waals surface area contributed by atoms with Crippen molar-refractivity contribution in [1.29, 1.82) is 0 Å². The zero-order valence-corrected chi connectivity index (χ0v) is 14.4. The molecule has 0 radical (unpaired) electrons. The second-order valence-electron chi connectivity index (χ2n) is 5.80. The molecule has 7 nitrogen and oxygen atoms in total. The first-order chi connectivity index (χ1) is 11.0. The zero-order valence-electron chi connectivity index (χ0n) is 13.5. The van der Waals surface area contributed by atoms with Gasteiger partial charge in [0.1, 0.15) is 17.2 Å². The molecule has 1 N–H and O–H groups in total. The Kier molecular flexibility index (Phi) is 4.51. The minimum atomic E-state index is 0.0134. The third kappa shape index (κ3) is 3.47. The summed E-state index contributed by atoms with van der Waals surface area (Å²) in [6, 6.07) is 0. The average molecular weight is 332 g/mol. The number of aromatic nitrogens is 4. The van der Waals surface area contributed by atoms with Gasteiger partial charge >= 0.3 is 0 Å². The summed E-state index contributed by atoms with van der Waals surface area (Å²) in [5, 5.41) is 11.0. The van der Waals surface area contributed by atoms with Crippen LogP contribution in [0, 0.1) is 26.7 Å². The molecule has 23 heavy (non-hydrogen) atoms. The standard InChI is InChI=1S/C15H20N6OS/c1-9-10(2)17-11(3)18-13(9)21-6-4-12(5-7-21)14(22)19-15-20-16-8-23-15/h8,12H,4-7H2,1-3H3,(H,19,20,22). The Bertz CT molecular complexity index is 694. The zero-order chi connectivity index (χ0) is 16.4. The van der Waals surface area contributed by atoms with Crippen LogP contribution in [0.5, 0.6) is 0 Å². The van der Waals surface area contributed by atoms with E-state index in [0.29, 0.717) is 5.13 Å². The normalized spacial score (nSPS) is 15.7. The number of rotatable bonds is 3. The first-order valence-electron chi connectivity index (χ1n) is 7.68. The van der Waals surface area contributed by atoms with Gasteiger partial charge in [-0.2, -0.15) is 0 Å². The molecule has 3 rings (SSSR count). The molecule has 1 aliphatic heterocycles. The summed E-state index contributed by atoms with van der Waals surface area (Å²) in [5.41, 5.74) is 3.75. The Morgan fingerprint density at radius 2 is 2.00 bits per heavy atom. The van der Waals surface area contributed by atoms with Crippen molar-refractivity contribution in [2.45, 2.75) is 33.6 Å². The van der Waals surface area contributed by atoms with Crippen molar-refractivity contribution in [3.63, 3.8) is 0 Å². The smallest absolute Gasteiger partial charge is 0.229 e. The second-order valence-corrected chi connectivity index (χ2v) is 6.63. The van der Waals surface area contributed by atoms with Crippen molar-refractivity contribution in [2.24, 2.45) is 5.92 Å². The predicted molar refractivity (Wildman–Crippen MR) is 89.7 cm³/mol. The van der Waals surface area contributed by atoms with Gasteiger partial charge in [0.05, 0.1) is 0 Å². The van der Waals surface area contributed by atoms with Gasteiger partial charge in [-0.05, 0) is 33.6 Å². The molecule has 1 saturated heterocycles. The van der Waals surface area contributed by atoms with E-state index in [0.717, 1.165) is 48.8 Å². The monoisotopic (exact) mass is 332 g/mol. The number of carbonyl (C=O) groups is 1. The lowest BCUT2D eigenvalue weighted by molar-refractivity contribution is -0.120. The lowest BCUT2D eigenvalue weighted by atomic mass is 9.95. The summed E-state index contributed by atoms with van der Waals surface area (Å²) in [5.74, 6) is 1.84. The highest BCUT2D eigenvalue weighted by Gasteiger charge is 2.27. The number of amides is 1. The minimum Gasteiger partial charge on any atom is -0.356 e. The fourth-order valence-electron chi connectivity index (χ4n) is 2.85. The molecule has 3 heterocycles. The maximum absolute atomic E-state index is 12.3. The summed E-state index contributed by atoms with van der Waals surface area (Å²) in [6.07, 6.45) is 1.62. The van der Waals surface area contributed by atoms with Gasteiger partial charge in [0, 0.05) is 30.3 Å². The number of nitrogens with zero attached hydrogens (tertiary/aromatic N) is 5. The molecule has 0 unspecified atom stereocenters. The number of hydrogen-bond donors (Lipinski definition) is 1. The summed E-state index contributed by atoms with van der Waals surface area (Å²) in [7, 11) is 0. The lowest BCUT2D eigenvalue weighted by Gasteiger charge is -2.33. The van der Waals surface area contributed by atoms with E-state index in [4.69, 9.17) is 0 Å². The van der Waals surface area contributed by atoms with Crippen molar-refractivity contribution >= 4 is 28.2 Å². The van der Waals surface area contributed by atoms with Crippen LogP contribution in [0.15, 0.2) is 5.51 Å². The Labute approximate surface area is 139 Å². The van der Waals surface area contributed by atoms with Crippen LogP contribution in [-0.2, 0) is 4.79 Å². The van der Waals surface area contributed by atoms with Gasteiger partial charge in [-0.25, -0.2) is 9.97 Å². The quantitative estimate of drug-likeness (QED) is 0.927. The largest absolute Gasteiger partial charge is 0.356 e. The van der Waals surface area contributed by atoms with E-state index in [1.54, 1.807) is 5.51 Å². The van der Waals surface area contributed by atoms with Crippen LogP contribution in [-0.4, -0.2) is 39.2 Å². The van der Waals surface area contributed by atoms with E-state index < -0.39 is 0 Å². The first kappa shape index (κ1) is 15.8. The second kappa shape index (κ2) is 6.57. The van der Waals surface area contributed by atoms with Gasteiger partial charge in [0.25, 0.3) is 0 Å². The number of carbonyl (C=O) groups excluding carboxylic acids is 1. The molecule has 0 atom stereocenters. The maximum atomic E-state index is 12.3.